The first kappa shape index (κ1) is 10.8. The maximum atomic E-state index is 5.86. The van der Waals surface area contributed by atoms with Crippen molar-refractivity contribution in [2.24, 2.45) is 0 Å². The summed E-state index contributed by atoms with van der Waals surface area (Å²) in [4.78, 5) is 12.3. The number of H-pyrrole nitrogens is 1. The van der Waals surface area contributed by atoms with E-state index in [-0.39, 0.29) is 0 Å². The molecule has 0 fully saturated rings. The number of halogens is 1. The quantitative estimate of drug-likeness (QED) is 0.788. The molecule has 0 aromatic carbocycles. The summed E-state index contributed by atoms with van der Waals surface area (Å²) in [5, 5.41) is 10.0. The Morgan fingerprint density at radius 1 is 1.44 bits per heavy atom. The van der Waals surface area contributed by atoms with E-state index >= 15 is 0 Å². The van der Waals surface area contributed by atoms with E-state index in [0.717, 1.165) is 12.2 Å². The lowest BCUT2D eigenvalue weighted by Crippen LogP contribution is -2.05. The van der Waals surface area contributed by atoms with Crippen LogP contribution in [0.15, 0.2) is 12.4 Å². The average molecular weight is 239 g/mol. The third-order valence-corrected chi connectivity index (χ3v) is 2.15. The first-order valence-electron chi connectivity index (χ1n) is 4.89. The van der Waals surface area contributed by atoms with Crippen molar-refractivity contribution in [1.82, 2.24) is 25.1 Å². The van der Waals surface area contributed by atoms with Gasteiger partial charge in [-0.1, -0.05) is 18.5 Å². The summed E-state index contributed by atoms with van der Waals surface area (Å²) in [7, 11) is 0. The van der Waals surface area contributed by atoms with Crippen LogP contribution in [0, 0.1) is 0 Å². The maximum absolute atomic E-state index is 5.86. The van der Waals surface area contributed by atoms with Crippen molar-refractivity contribution in [2.75, 3.05) is 5.32 Å². The zero-order valence-electron chi connectivity index (χ0n) is 8.74. The average Bonchev–Trinajstić information content (AvgIpc) is 2.78. The lowest BCUT2D eigenvalue weighted by Gasteiger charge is -2.05. The van der Waals surface area contributed by atoms with Crippen LogP contribution in [0.4, 0.5) is 5.82 Å². The summed E-state index contributed by atoms with van der Waals surface area (Å²) < 4.78 is 0. The van der Waals surface area contributed by atoms with Crippen molar-refractivity contribution >= 4 is 17.4 Å². The Labute approximate surface area is 97.5 Å². The molecule has 2 rings (SSSR count). The van der Waals surface area contributed by atoms with Gasteiger partial charge in [-0.2, -0.15) is 5.10 Å². The van der Waals surface area contributed by atoms with E-state index < -0.39 is 0 Å². The zero-order chi connectivity index (χ0) is 11.4. The zero-order valence-corrected chi connectivity index (χ0v) is 9.49. The van der Waals surface area contributed by atoms with E-state index in [0.29, 0.717) is 23.3 Å². The number of anilines is 1. The van der Waals surface area contributed by atoms with Gasteiger partial charge in [0.05, 0.1) is 6.54 Å². The van der Waals surface area contributed by atoms with E-state index in [4.69, 9.17) is 11.6 Å². The molecule has 0 radical (unpaired) electrons. The van der Waals surface area contributed by atoms with Gasteiger partial charge >= 0.3 is 0 Å². The molecule has 0 aliphatic carbocycles. The van der Waals surface area contributed by atoms with Gasteiger partial charge in [-0.05, 0) is 0 Å². The van der Waals surface area contributed by atoms with Crippen molar-refractivity contribution in [2.45, 2.75) is 19.9 Å². The number of rotatable bonds is 4. The van der Waals surface area contributed by atoms with E-state index in [2.05, 4.69) is 30.5 Å². The number of aromatic amines is 1. The van der Waals surface area contributed by atoms with Crippen LogP contribution in [0.2, 0.25) is 5.15 Å². The van der Waals surface area contributed by atoms with Gasteiger partial charge in [0.15, 0.2) is 0 Å². The molecule has 0 spiro atoms. The Morgan fingerprint density at radius 3 is 3.00 bits per heavy atom. The van der Waals surface area contributed by atoms with Crippen LogP contribution in [0.3, 0.4) is 0 Å². The second-order valence-electron chi connectivity index (χ2n) is 3.13. The molecule has 0 bridgehead atoms. The molecule has 6 nitrogen and oxygen atoms in total. The van der Waals surface area contributed by atoms with Gasteiger partial charge in [-0.3, -0.25) is 5.10 Å². The van der Waals surface area contributed by atoms with Gasteiger partial charge in [-0.25, -0.2) is 15.0 Å². The number of aromatic nitrogens is 5. The normalized spacial score (nSPS) is 10.4. The lowest BCUT2D eigenvalue weighted by molar-refractivity contribution is 0.912. The van der Waals surface area contributed by atoms with Crippen molar-refractivity contribution < 1.29 is 0 Å². The number of hydrogen-bond acceptors (Lipinski definition) is 5. The van der Waals surface area contributed by atoms with Crippen molar-refractivity contribution in [3.05, 3.63) is 29.2 Å². The number of hydrogen-bond donors (Lipinski definition) is 2. The van der Waals surface area contributed by atoms with Crippen molar-refractivity contribution in [1.29, 1.82) is 0 Å². The molecule has 0 unspecified atom stereocenters. The molecule has 0 amide bonds. The van der Waals surface area contributed by atoms with Crippen LogP contribution < -0.4 is 5.32 Å². The molecule has 2 aromatic rings. The fraction of sp³-hybridized carbons (Fsp3) is 0.333. The molecule has 16 heavy (non-hydrogen) atoms. The lowest BCUT2D eigenvalue weighted by atomic mass is 10.4. The minimum absolute atomic E-state index is 0.437. The second-order valence-corrected chi connectivity index (χ2v) is 3.52. The maximum Gasteiger partial charge on any atom is 0.143 e. The Balaban J connectivity index is 2.06. The van der Waals surface area contributed by atoms with Gasteiger partial charge in [0.25, 0.3) is 0 Å². The Hall–Kier alpha value is -1.69. The molecule has 0 aliphatic heterocycles. The minimum atomic E-state index is 0.437. The fourth-order valence-corrected chi connectivity index (χ4v) is 1.40. The van der Waals surface area contributed by atoms with Crippen LogP contribution >= 0.6 is 11.6 Å². The number of nitrogens with one attached hydrogen (secondary N) is 2. The van der Waals surface area contributed by atoms with Gasteiger partial charge in [0.2, 0.25) is 0 Å². The first-order valence-corrected chi connectivity index (χ1v) is 5.27. The second kappa shape index (κ2) is 4.89. The first-order chi connectivity index (χ1) is 7.78. The summed E-state index contributed by atoms with van der Waals surface area (Å²) in [5.74, 6) is 2.15. The minimum Gasteiger partial charge on any atom is -0.363 e. The van der Waals surface area contributed by atoms with Gasteiger partial charge < -0.3 is 5.32 Å². The molecule has 0 saturated heterocycles. The monoisotopic (exact) mass is 238 g/mol. The predicted molar refractivity (Wildman–Crippen MR) is 60.1 cm³/mol. The molecule has 0 atom stereocenters. The molecule has 84 valence electrons. The molecule has 0 saturated carbocycles. The van der Waals surface area contributed by atoms with Crippen LogP contribution in [0.5, 0.6) is 0 Å². The Morgan fingerprint density at radius 2 is 2.31 bits per heavy atom. The molecule has 7 heteroatoms. The highest BCUT2D eigenvalue weighted by molar-refractivity contribution is 6.29. The largest absolute Gasteiger partial charge is 0.363 e. The predicted octanol–water partition coefficient (Wildman–Crippen LogP) is 1.42. The molecule has 2 heterocycles. The third-order valence-electron chi connectivity index (χ3n) is 1.96. The summed E-state index contributed by atoms with van der Waals surface area (Å²) in [6, 6.07) is 1.68. The van der Waals surface area contributed by atoms with Crippen LogP contribution in [0.25, 0.3) is 0 Å². The molecule has 0 aliphatic rings. The number of nitrogens with zero attached hydrogens (tertiary/aromatic N) is 4. The Bertz CT molecular complexity index is 455. The van der Waals surface area contributed by atoms with Gasteiger partial charge in [-0.15, -0.1) is 0 Å². The van der Waals surface area contributed by atoms with Crippen LogP contribution in [-0.4, -0.2) is 25.1 Å². The summed E-state index contributed by atoms with van der Waals surface area (Å²) in [5.41, 5.74) is 0. The van der Waals surface area contributed by atoms with Crippen LogP contribution in [0.1, 0.15) is 18.6 Å². The molecular formula is C9H11ClN6. The SMILES string of the molecule is CCc1nc(Cl)cc(NCc2ncn[nH]2)n1. The number of aryl methyl sites for hydroxylation is 1. The van der Waals surface area contributed by atoms with E-state index in [1.165, 1.54) is 6.33 Å². The van der Waals surface area contributed by atoms with Gasteiger partial charge in [0.1, 0.15) is 28.9 Å². The molecular weight excluding hydrogens is 228 g/mol. The van der Waals surface area contributed by atoms with Crippen LogP contribution in [-0.2, 0) is 13.0 Å². The highest BCUT2D eigenvalue weighted by atomic mass is 35.5. The smallest absolute Gasteiger partial charge is 0.143 e. The van der Waals surface area contributed by atoms with E-state index in [9.17, 15) is 0 Å². The van der Waals surface area contributed by atoms with E-state index in [1.807, 2.05) is 6.92 Å². The van der Waals surface area contributed by atoms with E-state index in [1.54, 1.807) is 6.07 Å². The molecule has 2 aromatic heterocycles. The molecule has 2 N–H and O–H groups in total. The summed E-state index contributed by atoms with van der Waals surface area (Å²) in [6.45, 7) is 2.50. The fourth-order valence-electron chi connectivity index (χ4n) is 1.20. The summed E-state index contributed by atoms with van der Waals surface area (Å²) in [6.07, 6.45) is 2.21. The van der Waals surface area contributed by atoms with Crippen molar-refractivity contribution in [3.63, 3.8) is 0 Å². The van der Waals surface area contributed by atoms with Crippen molar-refractivity contribution in [3.8, 4) is 0 Å². The standard InChI is InChI=1S/C9H11ClN6/c1-2-7-14-6(10)3-8(15-7)11-4-9-12-5-13-16-9/h3,5H,2,4H2,1H3,(H,11,14,15)(H,12,13,16). The van der Waals surface area contributed by atoms with Gasteiger partial charge in [0, 0.05) is 12.5 Å². The summed E-state index contributed by atoms with van der Waals surface area (Å²) >= 11 is 5.86. The topological polar surface area (TPSA) is 79.4 Å². The highest BCUT2D eigenvalue weighted by Crippen LogP contribution is 2.12. The Kier molecular flexibility index (Phi) is 3.31. The highest BCUT2D eigenvalue weighted by Gasteiger charge is 2.02. The third kappa shape index (κ3) is 2.66.